The quantitative estimate of drug-likeness (QED) is 0.153. The lowest BCUT2D eigenvalue weighted by molar-refractivity contribution is -0.277. The van der Waals surface area contributed by atoms with Gasteiger partial charge in [0.05, 0.1) is 37.4 Å². The van der Waals surface area contributed by atoms with Gasteiger partial charge >= 0.3 is 6.09 Å². The van der Waals surface area contributed by atoms with E-state index in [0.29, 0.717) is 37.5 Å². The lowest BCUT2D eigenvalue weighted by Crippen LogP contribution is -2.49. The second-order valence-electron chi connectivity index (χ2n) is 14.7. The predicted octanol–water partition coefficient (Wildman–Crippen LogP) is 6.16. The largest absolute Gasteiger partial charge is 0.445 e. The van der Waals surface area contributed by atoms with Crippen molar-refractivity contribution in [2.45, 2.75) is 76.1 Å². The van der Waals surface area contributed by atoms with Gasteiger partial charge in [0.25, 0.3) is 5.91 Å². The number of hydrogen-bond acceptors (Lipinski definition) is 9. The molecule has 0 radical (unpaired) electrons. The first kappa shape index (κ1) is 38.6. The van der Waals surface area contributed by atoms with Crippen molar-refractivity contribution in [2.24, 2.45) is 5.92 Å². The third kappa shape index (κ3) is 9.10. The number of halogens is 1. The normalized spacial score (nSPS) is 24.1. The highest BCUT2D eigenvalue weighted by Gasteiger charge is 2.42. The molecule has 3 amide bonds. The highest BCUT2D eigenvalue weighted by molar-refractivity contribution is 6.30. The van der Waals surface area contributed by atoms with Gasteiger partial charge in [0, 0.05) is 36.1 Å². The maximum Gasteiger partial charge on any atom is 0.408 e. The monoisotopic (exact) mass is 767 g/mol. The SMILES string of the molecule is C[C@@H]1[C@H](CN2CCC(O)(c3ccc(Cl)cc3)CC2)O[C@H](c2ccc(CN3C(=O)CC(NC(=O)OCc4ccccc4)C3=O)cc2)O[C@@H]1c1ccc(CO)cc1. The first-order valence-corrected chi connectivity index (χ1v) is 19.1. The topological polar surface area (TPSA) is 138 Å². The minimum absolute atomic E-state index is 0.0167. The predicted molar refractivity (Wildman–Crippen MR) is 204 cm³/mol. The average molecular weight is 768 g/mol. The van der Waals surface area contributed by atoms with Crippen molar-refractivity contribution in [3.05, 3.63) is 142 Å². The number of carbonyl (C=O) groups is 3. The van der Waals surface area contributed by atoms with Crippen molar-refractivity contribution in [2.75, 3.05) is 19.6 Å². The molecular weight excluding hydrogens is 722 g/mol. The Bertz CT molecular complexity index is 1940. The zero-order valence-corrected chi connectivity index (χ0v) is 31.4. The first-order chi connectivity index (χ1) is 26.6. The molecule has 11 nitrogen and oxygen atoms in total. The van der Waals surface area contributed by atoms with Gasteiger partial charge in [-0.1, -0.05) is 110 Å². The Morgan fingerprint density at radius 3 is 2.20 bits per heavy atom. The zero-order chi connectivity index (χ0) is 38.5. The number of likely N-dealkylation sites (tertiary alicyclic amines) is 2. The van der Waals surface area contributed by atoms with Crippen LogP contribution >= 0.6 is 11.6 Å². The third-order valence-corrected chi connectivity index (χ3v) is 11.2. The van der Waals surface area contributed by atoms with Crippen molar-refractivity contribution in [3.8, 4) is 0 Å². The van der Waals surface area contributed by atoms with Crippen molar-refractivity contribution < 1.29 is 38.8 Å². The average Bonchev–Trinajstić information content (AvgIpc) is 3.46. The molecule has 0 bridgehead atoms. The molecule has 4 aromatic rings. The van der Waals surface area contributed by atoms with Crippen molar-refractivity contribution in [1.82, 2.24) is 15.1 Å². The summed E-state index contributed by atoms with van der Waals surface area (Å²) in [5.74, 6) is -0.879. The fourth-order valence-corrected chi connectivity index (χ4v) is 7.69. The minimum Gasteiger partial charge on any atom is -0.445 e. The Morgan fingerprint density at radius 1 is 0.873 bits per heavy atom. The van der Waals surface area contributed by atoms with Crippen LogP contribution in [0.15, 0.2) is 103 Å². The Balaban J connectivity index is 1.00. The molecule has 0 aliphatic carbocycles. The van der Waals surface area contributed by atoms with E-state index in [1.807, 2.05) is 103 Å². The van der Waals surface area contributed by atoms with E-state index >= 15 is 0 Å². The van der Waals surface area contributed by atoms with Crippen molar-refractivity contribution >= 4 is 29.5 Å². The number of hydrogen-bond donors (Lipinski definition) is 3. The number of aliphatic hydroxyl groups excluding tert-OH is 1. The molecule has 0 aromatic heterocycles. The number of nitrogens with zero attached hydrogens (tertiary/aromatic N) is 2. The van der Waals surface area contributed by atoms with Crippen LogP contribution in [0.5, 0.6) is 0 Å². The van der Waals surface area contributed by atoms with Crippen LogP contribution in [0.4, 0.5) is 4.79 Å². The molecule has 0 saturated carbocycles. The smallest absolute Gasteiger partial charge is 0.408 e. The maximum atomic E-state index is 13.2. The van der Waals surface area contributed by atoms with Gasteiger partial charge in [-0.15, -0.1) is 0 Å². The molecule has 3 aliphatic rings. The molecule has 4 aromatic carbocycles. The summed E-state index contributed by atoms with van der Waals surface area (Å²) in [6.45, 7) is 4.22. The van der Waals surface area contributed by atoms with Gasteiger partial charge in [-0.05, 0) is 52.8 Å². The number of imide groups is 1. The molecule has 3 aliphatic heterocycles. The number of ether oxygens (including phenoxy) is 3. The van der Waals surface area contributed by atoms with Crippen LogP contribution < -0.4 is 5.32 Å². The van der Waals surface area contributed by atoms with E-state index < -0.39 is 29.9 Å². The minimum atomic E-state index is -0.993. The van der Waals surface area contributed by atoms with E-state index in [-0.39, 0.29) is 50.2 Å². The van der Waals surface area contributed by atoms with E-state index in [4.69, 9.17) is 25.8 Å². The summed E-state index contributed by atoms with van der Waals surface area (Å²) in [5.41, 5.74) is 4.08. The van der Waals surface area contributed by atoms with Gasteiger partial charge < -0.3 is 34.6 Å². The maximum absolute atomic E-state index is 13.2. The summed E-state index contributed by atoms with van der Waals surface area (Å²) in [5, 5.41) is 24.3. The summed E-state index contributed by atoms with van der Waals surface area (Å²) >= 11 is 6.10. The number of benzene rings is 4. The zero-order valence-electron chi connectivity index (χ0n) is 30.7. The summed E-state index contributed by atoms with van der Waals surface area (Å²) in [4.78, 5) is 41.9. The van der Waals surface area contributed by atoms with Crippen LogP contribution in [0.25, 0.3) is 0 Å². The molecule has 3 fully saturated rings. The second-order valence-corrected chi connectivity index (χ2v) is 15.1. The Morgan fingerprint density at radius 2 is 1.53 bits per heavy atom. The van der Waals surface area contributed by atoms with Gasteiger partial charge in [0.2, 0.25) is 5.91 Å². The third-order valence-electron chi connectivity index (χ3n) is 11.0. The number of alkyl carbamates (subject to hydrolysis) is 1. The van der Waals surface area contributed by atoms with E-state index in [1.165, 1.54) is 0 Å². The van der Waals surface area contributed by atoms with Crippen LogP contribution in [0, 0.1) is 5.92 Å². The number of nitrogens with one attached hydrogen (secondary N) is 1. The molecule has 55 heavy (non-hydrogen) atoms. The number of piperidine rings is 1. The van der Waals surface area contributed by atoms with Crippen LogP contribution in [0.2, 0.25) is 5.02 Å². The number of rotatable bonds is 11. The number of amides is 3. The molecule has 0 spiro atoms. The van der Waals surface area contributed by atoms with Gasteiger partial charge in [0.1, 0.15) is 12.6 Å². The Labute approximate surface area is 325 Å². The molecule has 7 rings (SSSR count). The van der Waals surface area contributed by atoms with Gasteiger partial charge in [-0.2, -0.15) is 0 Å². The highest BCUT2D eigenvalue weighted by atomic mass is 35.5. The molecule has 12 heteroatoms. The van der Waals surface area contributed by atoms with Gasteiger partial charge in [-0.3, -0.25) is 14.5 Å². The van der Waals surface area contributed by atoms with E-state index in [1.54, 1.807) is 0 Å². The fourth-order valence-electron chi connectivity index (χ4n) is 7.57. The molecular formula is C43H46ClN3O8. The fraction of sp³-hybridized carbons (Fsp3) is 0.372. The van der Waals surface area contributed by atoms with Crippen LogP contribution in [-0.2, 0) is 49.2 Å². The standard InChI is InChI=1S/C43H46ClN3O8/c1-28-37(25-46-21-19-43(52,20-22-46)34-15-17-35(44)18-16-34)54-41(55-39(28)32-11-9-30(26-48)10-12-32)33-13-7-29(8-14-33)24-47-38(49)23-36(40(47)50)45-42(51)53-27-31-5-3-2-4-6-31/h2-18,28,36-37,39,41,48,52H,19-27H2,1H3,(H,45,51)/t28-,36?,37+,39+,41+/m1/s1. The molecule has 288 valence electrons. The molecule has 1 unspecified atom stereocenters. The summed E-state index contributed by atoms with van der Waals surface area (Å²) in [6, 6.07) is 30.8. The first-order valence-electron chi connectivity index (χ1n) is 18.7. The second kappa shape index (κ2) is 17.0. The lowest BCUT2D eigenvalue weighted by Gasteiger charge is -2.45. The van der Waals surface area contributed by atoms with Crippen molar-refractivity contribution in [1.29, 1.82) is 0 Å². The molecule has 3 heterocycles. The molecule has 5 atom stereocenters. The van der Waals surface area contributed by atoms with E-state index in [9.17, 15) is 24.6 Å². The summed E-state index contributed by atoms with van der Waals surface area (Å²) < 4.78 is 18.6. The number of aliphatic hydroxyl groups is 2. The molecule has 3 N–H and O–H groups in total. The Hall–Kier alpha value is -4.62. The Kier molecular flexibility index (Phi) is 12.0. The van der Waals surface area contributed by atoms with Crippen LogP contribution in [0.3, 0.4) is 0 Å². The van der Waals surface area contributed by atoms with Gasteiger partial charge in [0.15, 0.2) is 6.29 Å². The van der Waals surface area contributed by atoms with E-state index in [0.717, 1.165) is 38.3 Å². The van der Waals surface area contributed by atoms with Crippen LogP contribution in [-0.4, -0.2) is 69.7 Å². The van der Waals surface area contributed by atoms with Crippen molar-refractivity contribution in [3.63, 3.8) is 0 Å². The van der Waals surface area contributed by atoms with Gasteiger partial charge in [-0.25, -0.2) is 4.79 Å². The highest BCUT2D eigenvalue weighted by Crippen LogP contribution is 2.43. The van der Waals surface area contributed by atoms with E-state index in [2.05, 4.69) is 17.1 Å². The lowest BCUT2D eigenvalue weighted by atomic mass is 9.84. The summed E-state index contributed by atoms with van der Waals surface area (Å²) in [6.07, 6.45) is -0.927. The number of carbonyl (C=O) groups excluding carboxylic acids is 3. The summed E-state index contributed by atoms with van der Waals surface area (Å²) in [7, 11) is 0. The molecule has 3 saturated heterocycles. The van der Waals surface area contributed by atoms with Crippen LogP contribution in [0.1, 0.15) is 72.0 Å².